The largest absolute Gasteiger partial charge is 0.494 e. The lowest BCUT2D eigenvalue weighted by atomic mass is 9.85. The highest BCUT2D eigenvalue weighted by Gasteiger charge is 2.27. The van der Waals surface area contributed by atoms with E-state index in [1.807, 2.05) is 44.2 Å². The fourth-order valence-electron chi connectivity index (χ4n) is 1.76. The molecule has 1 aromatic heterocycles. The molecule has 0 spiro atoms. The molecule has 0 aliphatic carbocycles. The second kappa shape index (κ2) is 6.32. The molecule has 0 saturated carbocycles. The predicted octanol–water partition coefficient (Wildman–Crippen LogP) is 2.34. The van der Waals surface area contributed by atoms with Gasteiger partial charge in [-0.3, -0.25) is 4.79 Å². The van der Waals surface area contributed by atoms with Gasteiger partial charge in [0, 0.05) is 5.41 Å². The van der Waals surface area contributed by atoms with Crippen LogP contribution in [0, 0.1) is 5.41 Å². The topological polar surface area (TPSA) is 57.0 Å². The van der Waals surface area contributed by atoms with Crippen molar-refractivity contribution in [1.82, 2.24) is 14.8 Å². The standard InChI is InChI=1S/C15H19N3O2/c1-15(2,14(19)10-18-12-16-11-17-18)8-9-20-13-6-4-3-5-7-13/h3-7,11-12H,8-10H2,1-2H3. The van der Waals surface area contributed by atoms with Crippen molar-refractivity contribution >= 4 is 5.78 Å². The van der Waals surface area contributed by atoms with E-state index in [4.69, 9.17) is 4.74 Å². The molecule has 5 heteroatoms. The molecule has 5 nitrogen and oxygen atoms in total. The summed E-state index contributed by atoms with van der Waals surface area (Å²) in [5.41, 5.74) is -0.444. The highest BCUT2D eigenvalue weighted by molar-refractivity contribution is 5.83. The molecular formula is C15H19N3O2. The first kappa shape index (κ1) is 14.2. The number of rotatable bonds is 7. The maximum atomic E-state index is 12.2. The van der Waals surface area contributed by atoms with Crippen LogP contribution in [0.15, 0.2) is 43.0 Å². The number of Topliss-reactive ketones (excluding diaryl/α,β-unsaturated/α-hetero) is 1. The van der Waals surface area contributed by atoms with E-state index in [9.17, 15) is 4.79 Å². The zero-order valence-electron chi connectivity index (χ0n) is 11.8. The van der Waals surface area contributed by atoms with Crippen molar-refractivity contribution in [3.63, 3.8) is 0 Å². The molecule has 2 aromatic rings. The molecular weight excluding hydrogens is 254 g/mol. The zero-order valence-corrected chi connectivity index (χ0v) is 11.8. The van der Waals surface area contributed by atoms with Gasteiger partial charge in [0.1, 0.15) is 24.9 Å². The summed E-state index contributed by atoms with van der Waals surface area (Å²) in [6.07, 6.45) is 3.64. The normalized spacial score (nSPS) is 11.3. The Morgan fingerprint density at radius 2 is 2.05 bits per heavy atom. The first-order valence-electron chi connectivity index (χ1n) is 6.61. The zero-order chi connectivity index (χ0) is 14.4. The quantitative estimate of drug-likeness (QED) is 0.777. The van der Waals surface area contributed by atoms with Crippen molar-refractivity contribution in [2.24, 2.45) is 5.41 Å². The Kier molecular flexibility index (Phi) is 4.50. The van der Waals surface area contributed by atoms with Crippen LogP contribution in [-0.4, -0.2) is 27.2 Å². The number of aromatic nitrogens is 3. The molecule has 0 N–H and O–H groups in total. The van der Waals surface area contributed by atoms with Crippen LogP contribution in [0.2, 0.25) is 0 Å². The predicted molar refractivity (Wildman–Crippen MR) is 75.4 cm³/mol. The van der Waals surface area contributed by atoms with Gasteiger partial charge in [0.15, 0.2) is 5.78 Å². The lowest BCUT2D eigenvalue weighted by Gasteiger charge is -2.22. The van der Waals surface area contributed by atoms with Crippen LogP contribution in [-0.2, 0) is 11.3 Å². The Morgan fingerprint density at radius 1 is 1.30 bits per heavy atom. The van der Waals surface area contributed by atoms with Crippen molar-refractivity contribution in [2.45, 2.75) is 26.8 Å². The number of ketones is 1. The third kappa shape index (κ3) is 3.91. The summed E-state index contributed by atoms with van der Waals surface area (Å²) in [4.78, 5) is 16.1. The van der Waals surface area contributed by atoms with Gasteiger partial charge in [-0.05, 0) is 18.6 Å². The highest BCUT2D eigenvalue weighted by Crippen LogP contribution is 2.23. The summed E-state index contributed by atoms with van der Waals surface area (Å²) in [6.45, 7) is 4.62. The molecule has 0 unspecified atom stereocenters. The highest BCUT2D eigenvalue weighted by atomic mass is 16.5. The van der Waals surface area contributed by atoms with Gasteiger partial charge in [-0.15, -0.1) is 0 Å². The van der Waals surface area contributed by atoms with Crippen LogP contribution >= 0.6 is 0 Å². The molecule has 106 valence electrons. The van der Waals surface area contributed by atoms with E-state index in [1.165, 1.54) is 6.33 Å². The van der Waals surface area contributed by atoms with Gasteiger partial charge in [0.05, 0.1) is 6.61 Å². The molecule has 20 heavy (non-hydrogen) atoms. The van der Waals surface area contributed by atoms with Crippen molar-refractivity contribution in [1.29, 1.82) is 0 Å². The molecule has 0 aliphatic heterocycles. The molecule has 1 aromatic carbocycles. The Morgan fingerprint density at radius 3 is 2.70 bits per heavy atom. The molecule has 0 aliphatic rings. The molecule has 0 fully saturated rings. The maximum absolute atomic E-state index is 12.2. The summed E-state index contributed by atoms with van der Waals surface area (Å²) in [5, 5.41) is 3.95. The van der Waals surface area contributed by atoms with Gasteiger partial charge >= 0.3 is 0 Å². The molecule has 0 radical (unpaired) electrons. The molecule has 1 heterocycles. The fourth-order valence-corrected chi connectivity index (χ4v) is 1.76. The van der Waals surface area contributed by atoms with Gasteiger partial charge < -0.3 is 4.74 Å². The number of carbonyl (C=O) groups excluding carboxylic acids is 1. The lowest BCUT2D eigenvalue weighted by molar-refractivity contribution is -0.128. The van der Waals surface area contributed by atoms with E-state index in [-0.39, 0.29) is 12.3 Å². The van der Waals surface area contributed by atoms with E-state index >= 15 is 0 Å². The van der Waals surface area contributed by atoms with Crippen LogP contribution in [0.25, 0.3) is 0 Å². The van der Waals surface area contributed by atoms with Crippen molar-refractivity contribution < 1.29 is 9.53 Å². The van der Waals surface area contributed by atoms with Crippen LogP contribution in [0.5, 0.6) is 5.75 Å². The third-order valence-corrected chi connectivity index (χ3v) is 3.27. The monoisotopic (exact) mass is 273 g/mol. The molecule has 0 atom stereocenters. The first-order chi connectivity index (χ1) is 9.58. The van der Waals surface area contributed by atoms with Gasteiger partial charge in [-0.25, -0.2) is 9.67 Å². The van der Waals surface area contributed by atoms with E-state index in [1.54, 1.807) is 11.0 Å². The van der Waals surface area contributed by atoms with Crippen LogP contribution in [0.1, 0.15) is 20.3 Å². The number of hydrogen-bond acceptors (Lipinski definition) is 4. The summed E-state index contributed by atoms with van der Waals surface area (Å²) in [7, 11) is 0. The number of hydrogen-bond donors (Lipinski definition) is 0. The summed E-state index contributed by atoms with van der Waals surface area (Å²) < 4.78 is 7.18. The minimum Gasteiger partial charge on any atom is -0.494 e. The maximum Gasteiger partial charge on any atom is 0.160 e. The van der Waals surface area contributed by atoms with Crippen molar-refractivity contribution in [3.8, 4) is 5.75 Å². The van der Waals surface area contributed by atoms with Crippen LogP contribution in [0.3, 0.4) is 0 Å². The minimum absolute atomic E-state index is 0.125. The van der Waals surface area contributed by atoms with E-state index in [2.05, 4.69) is 10.1 Å². The number of carbonyl (C=O) groups is 1. The van der Waals surface area contributed by atoms with Crippen LogP contribution < -0.4 is 4.74 Å². The van der Waals surface area contributed by atoms with Crippen LogP contribution in [0.4, 0.5) is 0 Å². The number of para-hydroxylation sites is 1. The van der Waals surface area contributed by atoms with E-state index in [0.717, 1.165) is 5.75 Å². The first-order valence-corrected chi connectivity index (χ1v) is 6.61. The Labute approximate surface area is 118 Å². The van der Waals surface area contributed by atoms with E-state index < -0.39 is 5.41 Å². The summed E-state index contributed by atoms with van der Waals surface area (Å²) in [5.74, 6) is 0.951. The average Bonchev–Trinajstić information content (AvgIpc) is 2.92. The summed E-state index contributed by atoms with van der Waals surface area (Å²) in [6, 6.07) is 9.61. The summed E-state index contributed by atoms with van der Waals surface area (Å²) >= 11 is 0. The van der Waals surface area contributed by atoms with E-state index in [0.29, 0.717) is 13.0 Å². The number of nitrogens with zero attached hydrogens (tertiary/aromatic N) is 3. The second-order valence-corrected chi connectivity index (χ2v) is 5.31. The minimum atomic E-state index is -0.444. The Balaban J connectivity index is 1.82. The van der Waals surface area contributed by atoms with Gasteiger partial charge in [-0.2, -0.15) is 5.10 Å². The molecule has 0 bridgehead atoms. The second-order valence-electron chi connectivity index (χ2n) is 5.31. The third-order valence-electron chi connectivity index (χ3n) is 3.27. The average molecular weight is 273 g/mol. The smallest absolute Gasteiger partial charge is 0.160 e. The number of benzene rings is 1. The van der Waals surface area contributed by atoms with Gasteiger partial charge in [0.2, 0.25) is 0 Å². The van der Waals surface area contributed by atoms with Crippen molar-refractivity contribution in [3.05, 3.63) is 43.0 Å². The number of ether oxygens (including phenoxy) is 1. The lowest BCUT2D eigenvalue weighted by Crippen LogP contribution is -2.30. The van der Waals surface area contributed by atoms with Gasteiger partial charge in [-0.1, -0.05) is 32.0 Å². The molecule has 0 saturated heterocycles. The SMILES string of the molecule is CC(C)(CCOc1ccccc1)C(=O)Cn1cncn1. The fraction of sp³-hybridized carbons (Fsp3) is 0.400. The molecule has 2 rings (SSSR count). The van der Waals surface area contributed by atoms with Crippen molar-refractivity contribution in [2.75, 3.05) is 6.61 Å². The Bertz CT molecular complexity index is 536. The molecule has 0 amide bonds. The Hall–Kier alpha value is -2.17. The van der Waals surface area contributed by atoms with Gasteiger partial charge in [0.25, 0.3) is 0 Å².